The molecule has 0 unspecified atom stereocenters. The van der Waals surface area contributed by atoms with Crippen LogP contribution in [0.4, 0.5) is 0 Å². The third-order valence-electron chi connectivity index (χ3n) is 5.72. The summed E-state index contributed by atoms with van der Waals surface area (Å²) in [6, 6.07) is 0. The minimum Gasteiger partial charge on any atom is -0.396 e. The van der Waals surface area contributed by atoms with Crippen molar-refractivity contribution in [3.05, 3.63) is 11.1 Å². The van der Waals surface area contributed by atoms with E-state index in [2.05, 4.69) is 0 Å². The quantitative estimate of drug-likeness (QED) is 0.307. The fourth-order valence-corrected chi connectivity index (χ4v) is 3.92. The standard InChI is InChI=1S/C23H42O2/c1-21-22(18-16-19-23(21)25)17-14-12-10-8-6-4-2-3-5-7-9-11-13-15-20-24/h24H,2-20H2,1H3. The van der Waals surface area contributed by atoms with Gasteiger partial charge < -0.3 is 5.11 Å². The number of hydrogen-bond donors (Lipinski definition) is 1. The lowest BCUT2D eigenvalue weighted by molar-refractivity contribution is -0.116. The number of ketones is 1. The number of Topliss-reactive ketones (excluding diaryl/α,β-unsaturated/α-hetero) is 1. The van der Waals surface area contributed by atoms with Gasteiger partial charge in [-0.2, -0.15) is 0 Å². The van der Waals surface area contributed by atoms with Gasteiger partial charge in [0.15, 0.2) is 5.78 Å². The molecular weight excluding hydrogens is 308 g/mol. The molecule has 1 N–H and O–H groups in total. The van der Waals surface area contributed by atoms with Crippen LogP contribution in [0.3, 0.4) is 0 Å². The monoisotopic (exact) mass is 350 g/mol. The Balaban J connectivity index is 1.80. The van der Waals surface area contributed by atoms with Crippen LogP contribution in [0.15, 0.2) is 11.1 Å². The number of allylic oxidation sites excluding steroid dienone is 2. The number of aliphatic hydroxyl groups excluding tert-OH is 1. The molecule has 0 bridgehead atoms. The summed E-state index contributed by atoms with van der Waals surface area (Å²) >= 11 is 0. The largest absolute Gasteiger partial charge is 0.396 e. The van der Waals surface area contributed by atoms with Gasteiger partial charge in [-0.05, 0) is 44.6 Å². The van der Waals surface area contributed by atoms with Crippen LogP contribution in [0, 0.1) is 0 Å². The Kier molecular flexibility index (Phi) is 14.0. The van der Waals surface area contributed by atoms with E-state index in [-0.39, 0.29) is 0 Å². The van der Waals surface area contributed by atoms with Gasteiger partial charge in [-0.15, -0.1) is 0 Å². The molecule has 0 saturated carbocycles. The Bertz CT molecular complexity index is 370. The second kappa shape index (κ2) is 15.6. The van der Waals surface area contributed by atoms with Gasteiger partial charge in [0.2, 0.25) is 0 Å². The summed E-state index contributed by atoms with van der Waals surface area (Å²) in [5.41, 5.74) is 2.53. The Morgan fingerprint density at radius 3 is 1.60 bits per heavy atom. The molecule has 0 aromatic rings. The van der Waals surface area contributed by atoms with Gasteiger partial charge in [-0.3, -0.25) is 4.79 Å². The second-order valence-corrected chi connectivity index (χ2v) is 7.93. The van der Waals surface area contributed by atoms with Crippen molar-refractivity contribution < 1.29 is 9.90 Å². The number of aliphatic hydroxyl groups is 1. The van der Waals surface area contributed by atoms with Gasteiger partial charge in [0.25, 0.3) is 0 Å². The Labute approximate surface area is 156 Å². The average molecular weight is 351 g/mol. The molecule has 146 valence electrons. The van der Waals surface area contributed by atoms with E-state index in [0.717, 1.165) is 31.3 Å². The summed E-state index contributed by atoms with van der Waals surface area (Å²) in [7, 11) is 0. The molecular formula is C23H42O2. The first-order valence-electron chi connectivity index (χ1n) is 11.1. The molecule has 0 aliphatic heterocycles. The number of rotatable bonds is 16. The lowest BCUT2D eigenvalue weighted by Crippen LogP contribution is -2.09. The molecule has 0 aromatic heterocycles. The third-order valence-corrected chi connectivity index (χ3v) is 5.72. The summed E-state index contributed by atoms with van der Waals surface area (Å²) in [5.74, 6) is 0.395. The van der Waals surface area contributed by atoms with Crippen LogP contribution in [-0.4, -0.2) is 17.5 Å². The lowest BCUT2D eigenvalue weighted by Gasteiger charge is -2.16. The normalized spacial score (nSPS) is 15.2. The maximum atomic E-state index is 11.7. The highest BCUT2D eigenvalue weighted by Gasteiger charge is 2.15. The van der Waals surface area contributed by atoms with Crippen LogP contribution in [0.1, 0.15) is 122 Å². The van der Waals surface area contributed by atoms with E-state index >= 15 is 0 Å². The number of carbonyl (C=O) groups is 1. The van der Waals surface area contributed by atoms with Crippen LogP contribution < -0.4 is 0 Å². The van der Waals surface area contributed by atoms with Crippen molar-refractivity contribution in [2.75, 3.05) is 6.61 Å². The zero-order chi connectivity index (χ0) is 18.2. The summed E-state index contributed by atoms with van der Waals surface area (Å²) in [6.07, 6.45) is 22.8. The minimum atomic E-state index is 0.358. The van der Waals surface area contributed by atoms with E-state index in [1.54, 1.807) is 0 Å². The predicted octanol–water partition coefficient (Wildman–Crippen LogP) is 6.90. The van der Waals surface area contributed by atoms with Crippen LogP contribution in [0.25, 0.3) is 0 Å². The summed E-state index contributed by atoms with van der Waals surface area (Å²) < 4.78 is 0. The molecule has 0 saturated heterocycles. The first kappa shape index (κ1) is 22.4. The lowest BCUT2D eigenvalue weighted by atomic mass is 9.88. The summed E-state index contributed by atoms with van der Waals surface area (Å²) in [4.78, 5) is 11.7. The highest BCUT2D eigenvalue weighted by atomic mass is 16.2. The summed E-state index contributed by atoms with van der Waals surface area (Å²) in [5, 5.41) is 8.72. The second-order valence-electron chi connectivity index (χ2n) is 7.93. The molecule has 1 aliphatic carbocycles. The van der Waals surface area contributed by atoms with Gasteiger partial charge >= 0.3 is 0 Å². The highest BCUT2D eigenvalue weighted by Crippen LogP contribution is 2.26. The first-order chi connectivity index (χ1) is 12.3. The summed E-state index contributed by atoms with van der Waals surface area (Å²) in [6.45, 7) is 2.39. The first-order valence-corrected chi connectivity index (χ1v) is 11.1. The van der Waals surface area contributed by atoms with Gasteiger partial charge in [0.1, 0.15) is 0 Å². The fraction of sp³-hybridized carbons (Fsp3) is 0.870. The SMILES string of the molecule is CC1=C(CCCCCCCCCCCCCCCCO)CCCC1=O. The highest BCUT2D eigenvalue weighted by molar-refractivity contribution is 5.96. The average Bonchev–Trinajstić information content (AvgIpc) is 2.61. The Morgan fingerprint density at radius 1 is 0.680 bits per heavy atom. The maximum absolute atomic E-state index is 11.7. The molecule has 2 heteroatoms. The molecule has 1 rings (SSSR count). The fourth-order valence-electron chi connectivity index (χ4n) is 3.92. The van der Waals surface area contributed by atoms with Gasteiger partial charge in [-0.1, -0.05) is 82.6 Å². The third kappa shape index (κ3) is 11.6. The van der Waals surface area contributed by atoms with Crippen molar-refractivity contribution in [1.29, 1.82) is 0 Å². The molecule has 0 radical (unpaired) electrons. The van der Waals surface area contributed by atoms with Gasteiger partial charge in [0.05, 0.1) is 0 Å². The van der Waals surface area contributed by atoms with Crippen molar-refractivity contribution in [1.82, 2.24) is 0 Å². The Hall–Kier alpha value is -0.630. The van der Waals surface area contributed by atoms with Gasteiger partial charge in [-0.25, -0.2) is 0 Å². The molecule has 0 aromatic carbocycles. The zero-order valence-electron chi connectivity index (χ0n) is 16.8. The van der Waals surface area contributed by atoms with E-state index < -0.39 is 0 Å². The molecule has 0 atom stereocenters. The van der Waals surface area contributed by atoms with Crippen LogP contribution in [0.2, 0.25) is 0 Å². The topological polar surface area (TPSA) is 37.3 Å². The number of unbranched alkanes of at least 4 members (excludes halogenated alkanes) is 13. The van der Waals surface area contributed by atoms with E-state index in [1.165, 1.54) is 95.5 Å². The molecule has 0 fully saturated rings. The van der Waals surface area contributed by atoms with Crippen LogP contribution >= 0.6 is 0 Å². The zero-order valence-corrected chi connectivity index (χ0v) is 16.8. The van der Waals surface area contributed by atoms with Crippen molar-refractivity contribution in [3.63, 3.8) is 0 Å². The van der Waals surface area contributed by atoms with Crippen molar-refractivity contribution in [2.45, 2.75) is 122 Å². The predicted molar refractivity (Wildman–Crippen MR) is 108 cm³/mol. The van der Waals surface area contributed by atoms with E-state index in [1.807, 2.05) is 6.92 Å². The van der Waals surface area contributed by atoms with Gasteiger partial charge in [0, 0.05) is 13.0 Å². The number of hydrogen-bond acceptors (Lipinski definition) is 2. The van der Waals surface area contributed by atoms with Crippen LogP contribution in [0.5, 0.6) is 0 Å². The molecule has 0 spiro atoms. The maximum Gasteiger partial charge on any atom is 0.158 e. The van der Waals surface area contributed by atoms with Crippen molar-refractivity contribution >= 4 is 5.78 Å². The van der Waals surface area contributed by atoms with Crippen molar-refractivity contribution in [3.8, 4) is 0 Å². The molecule has 25 heavy (non-hydrogen) atoms. The van der Waals surface area contributed by atoms with E-state index in [4.69, 9.17) is 5.11 Å². The Morgan fingerprint density at radius 2 is 1.12 bits per heavy atom. The minimum absolute atomic E-state index is 0.358. The molecule has 2 nitrogen and oxygen atoms in total. The molecule has 0 amide bonds. The van der Waals surface area contributed by atoms with E-state index in [0.29, 0.717) is 12.4 Å². The van der Waals surface area contributed by atoms with E-state index in [9.17, 15) is 4.79 Å². The number of carbonyl (C=O) groups excluding carboxylic acids is 1. The molecule has 0 heterocycles. The van der Waals surface area contributed by atoms with Crippen LogP contribution in [-0.2, 0) is 4.79 Å². The smallest absolute Gasteiger partial charge is 0.158 e. The van der Waals surface area contributed by atoms with Crippen molar-refractivity contribution in [2.24, 2.45) is 0 Å². The molecule has 1 aliphatic rings.